The first kappa shape index (κ1) is 21.9. The molecule has 3 aliphatic heterocycles. The Hall–Kier alpha value is -3.60. The fourth-order valence-corrected chi connectivity index (χ4v) is 6.03. The summed E-state index contributed by atoms with van der Waals surface area (Å²) in [5.74, 6) is -0.277. The summed E-state index contributed by atoms with van der Waals surface area (Å²) in [6, 6.07) is 4.61. The van der Waals surface area contributed by atoms with Crippen LogP contribution in [-0.4, -0.2) is 80.8 Å². The zero-order chi connectivity index (χ0) is 24.3. The molecule has 0 bridgehead atoms. The van der Waals surface area contributed by atoms with E-state index in [0.29, 0.717) is 42.6 Å². The second-order valence-corrected chi connectivity index (χ2v) is 9.78. The number of benzene rings is 1. The van der Waals surface area contributed by atoms with Crippen molar-refractivity contribution < 1.29 is 23.9 Å². The molecule has 1 aromatic heterocycles. The molecule has 6 rings (SSSR count). The third-order valence-corrected chi connectivity index (χ3v) is 7.87. The first-order valence-electron chi connectivity index (χ1n) is 12.0. The van der Waals surface area contributed by atoms with Crippen molar-refractivity contribution in [1.82, 2.24) is 30.1 Å². The van der Waals surface area contributed by atoms with Crippen LogP contribution in [-0.2, 0) is 20.9 Å². The van der Waals surface area contributed by atoms with E-state index < -0.39 is 11.9 Å². The van der Waals surface area contributed by atoms with E-state index in [1.54, 1.807) is 25.4 Å². The Morgan fingerprint density at radius 1 is 1.14 bits per heavy atom. The van der Waals surface area contributed by atoms with Crippen LogP contribution in [0, 0.1) is 11.8 Å². The average molecular weight is 479 g/mol. The highest BCUT2D eigenvalue weighted by Gasteiger charge is 2.45. The van der Waals surface area contributed by atoms with Gasteiger partial charge in [-0.3, -0.25) is 24.5 Å². The second-order valence-electron chi connectivity index (χ2n) is 9.78. The fourth-order valence-electron chi connectivity index (χ4n) is 6.03. The van der Waals surface area contributed by atoms with Gasteiger partial charge in [-0.2, -0.15) is 0 Å². The van der Waals surface area contributed by atoms with Crippen molar-refractivity contribution in [2.45, 2.75) is 44.4 Å². The number of carbonyl (C=O) groups excluding carboxylic acids is 4. The van der Waals surface area contributed by atoms with Crippen LogP contribution >= 0.6 is 0 Å². The molecule has 0 spiro atoms. The molecule has 4 amide bonds. The van der Waals surface area contributed by atoms with Crippen molar-refractivity contribution in [2.75, 3.05) is 20.2 Å². The highest BCUT2D eigenvalue weighted by molar-refractivity contribution is 6.05. The molecular weight excluding hydrogens is 452 g/mol. The van der Waals surface area contributed by atoms with E-state index in [9.17, 15) is 19.2 Å². The maximum atomic E-state index is 13.1. The summed E-state index contributed by atoms with van der Waals surface area (Å²) in [5.41, 5.74) is 2.23. The Balaban J connectivity index is 1.17. The SMILES string of the molecule is CO[C@@H]1CC[C@@H]2CN(C(=O)c3cn(-c4ccc5c(c4)CN(C4CCC(=O)NC4=O)C5=O)nn3)C[C@@H]21. The number of aromatic nitrogens is 3. The summed E-state index contributed by atoms with van der Waals surface area (Å²) < 4.78 is 7.12. The summed E-state index contributed by atoms with van der Waals surface area (Å²) in [7, 11) is 1.73. The molecule has 1 saturated carbocycles. The molecule has 4 atom stereocenters. The molecule has 11 heteroatoms. The summed E-state index contributed by atoms with van der Waals surface area (Å²) in [6.45, 7) is 1.66. The highest BCUT2D eigenvalue weighted by Crippen LogP contribution is 2.39. The Bertz CT molecular complexity index is 1240. The maximum absolute atomic E-state index is 13.1. The molecule has 2 aromatic rings. The van der Waals surface area contributed by atoms with Gasteiger partial charge >= 0.3 is 0 Å². The molecule has 182 valence electrons. The van der Waals surface area contributed by atoms with Crippen LogP contribution in [0.2, 0.25) is 0 Å². The van der Waals surface area contributed by atoms with Gasteiger partial charge in [0.25, 0.3) is 11.8 Å². The van der Waals surface area contributed by atoms with Crippen molar-refractivity contribution in [3.05, 3.63) is 41.2 Å². The lowest BCUT2D eigenvalue weighted by molar-refractivity contribution is -0.136. The van der Waals surface area contributed by atoms with Crippen molar-refractivity contribution in [3.8, 4) is 5.69 Å². The molecule has 4 aliphatic rings. The van der Waals surface area contributed by atoms with Crippen LogP contribution in [0.3, 0.4) is 0 Å². The summed E-state index contributed by atoms with van der Waals surface area (Å²) in [6.07, 6.45) is 4.47. The highest BCUT2D eigenvalue weighted by atomic mass is 16.5. The van der Waals surface area contributed by atoms with Gasteiger partial charge in [0, 0.05) is 44.6 Å². The monoisotopic (exact) mass is 478 g/mol. The molecule has 0 radical (unpaired) electrons. The normalized spacial score (nSPS) is 27.9. The molecule has 2 saturated heterocycles. The number of fused-ring (bicyclic) bond motifs is 2. The number of hydrogen-bond donors (Lipinski definition) is 1. The second kappa shape index (κ2) is 8.26. The summed E-state index contributed by atoms with van der Waals surface area (Å²) >= 11 is 0. The number of rotatable bonds is 4. The molecule has 35 heavy (non-hydrogen) atoms. The minimum Gasteiger partial charge on any atom is -0.381 e. The number of amides is 4. The van der Waals surface area contributed by atoms with E-state index in [4.69, 9.17) is 4.74 Å². The molecule has 1 unspecified atom stereocenters. The molecule has 3 fully saturated rings. The predicted molar refractivity (Wildman–Crippen MR) is 120 cm³/mol. The minimum absolute atomic E-state index is 0.138. The number of nitrogens with zero attached hydrogens (tertiary/aromatic N) is 5. The van der Waals surface area contributed by atoms with Gasteiger partial charge in [-0.25, -0.2) is 4.68 Å². The lowest BCUT2D eigenvalue weighted by Crippen LogP contribution is -2.52. The van der Waals surface area contributed by atoms with Crippen LogP contribution < -0.4 is 5.32 Å². The average Bonchev–Trinajstić information content (AvgIpc) is 3.62. The van der Waals surface area contributed by atoms with Gasteiger partial charge in [0.05, 0.1) is 18.0 Å². The molecular formula is C24H26N6O5. The first-order valence-corrected chi connectivity index (χ1v) is 12.0. The Morgan fingerprint density at radius 3 is 2.80 bits per heavy atom. The van der Waals surface area contributed by atoms with E-state index in [0.717, 1.165) is 18.4 Å². The first-order chi connectivity index (χ1) is 16.9. The summed E-state index contributed by atoms with van der Waals surface area (Å²) in [5, 5.41) is 10.6. The molecule has 1 N–H and O–H groups in total. The zero-order valence-electron chi connectivity index (χ0n) is 19.3. The quantitative estimate of drug-likeness (QED) is 0.635. The molecule has 4 heterocycles. The Morgan fingerprint density at radius 2 is 2.00 bits per heavy atom. The van der Waals surface area contributed by atoms with Crippen LogP contribution in [0.15, 0.2) is 24.4 Å². The van der Waals surface area contributed by atoms with Gasteiger partial charge in [-0.1, -0.05) is 5.21 Å². The van der Waals surface area contributed by atoms with Crippen molar-refractivity contribution in [3.63, 3.8) is 0 Å². The van der Waals surface area contributed by atoms with Crippen molar-refractivity contribution in [1.29, 1.82) is 0 Å². The van der Waals surface area contributed by atoms with E-state index >= 15 is 0 Å². The van der Waals surface area contributed by atoms with Gasteiger partial charge in [0.1, 0.15) is 6.04 Å². The third-order valence-electron chi connectivity index (χ3n) is 7.87. The number of likely N-dealkylation sites (tertiary alicyclic amines) is 1. The van der Waals surface area contributed by atoms with Crippen LogP contribution in [0.4, 0.5) is 0 Å². The maximum Gasteiger partial charge on any atom is 0.276 e. The van der Waals surface area contributed by atoms with Gasteiger partial charge in [0.2, 0.25) is 11.8 Å². The molecule has 1 aromatic carbocycles. The van der Waals surface area contributed by atoms with Gasteiger partial charge in [-0.05, 0) is 48.9 Å². The van der Waals surface area contributed by atoms with E-state index in [1.165, 1.54) is 9.58 Å². The van der Waals surface area contributed by atoms with Gasteiger partial charge < -0.3 is 14.5 Å². The van der Waals surface area contributed by atoms with Gasteiger partial charge in [-0.15, -0.1) is 5.10 Å². The van der Waals surface area contributed by atoms with Crippen LogP contribution in [0.5, 0.6) is 0 Å². The Kier molecular flexibility index (Phi) is 5.17. The third kappa shape index (κ3) is 3.61. The van der Waals surface area contributed by atoms with Gasteiger partial charge in [0.15, 0.2) is 5.69 Å². The van der Waals surface area contributed by atoms with E-state index in [2.05, 4.69) is 15.6 Å². The number of methoxy groups -OCH3 is 1. The number of piperidine rings is 1. The Labute approximate surface area is 201 Å². The predicted octanol–water partition coefficient (Wildman–Crippen LogP) is 0.525. The van der Waals surface area contributed by atoms with Crippen molar-refractivity contribution in [2.24, 2.45) is 11.8 Å². The zero-order valence-corrected chi connectivity index (χ0v) is 19.3. The number of nitrogens with one attached hydrogen (secondary N) is 1. The standard InChI is InChI=1S/C24H26N6O5/c1-35-20-6-2-13-9-28(11-17(13)20)24(34)18-12-30(27-26-18)15-3-4-16-14(8-15)10-29(23(16)33)19-5-7-21(31)25-22(19)32/h3-4,8,12-13,17,19-20H,2,5-7,9-11H2,1H3,(H,25,31,32)/t13-,17+,19?,20-/m1/s1. The smallest absolute Gasteiger partial charge is 0.276 e. The fraction of sp³-hybridized carbons (Fsp3) is 0.500. The van der Waals surface area contributed by atoms with Crippen LogP contribution in [0.25, 0.3) is 5.69 Å². The largest absolute Gasteiger partial charge is 0.381 e. The lowest BCUT2D eigenvalue weighted by Gasteiger charge is -2.29. The van der Waals surface area contributed by atoms with Crippen molar-refractivity contribution >= 4 is 23.6 Å². The number of carbonyl (C=O) groups is 4. The summed E-state index contributed by atoms with van der Waals surface area (Å²) in [4.78, 5) is 53.1. The van der Waals surface area contributed by atoms with E-state index in [1.807, 2.05) is 11.0 Å². The topological polar surface area (TPSA) is 127 Å². The number of ether oxygens (including phenoxy) is 1. The molecule has 1 aliphatic carbocycles. The minimum atomic E-state index is -0.663. The van der Waals surface area contributed by atoms with E-state index in [-0.39, 0.29) is 42.5 Å². The lowest BCUT2D eigenvalue weighted by atomic mass is 9.99. The number of imide groups is 1. The van der Waals surface area contributed by atoms with Crippen LogP contribution in [0.1, 0.15) is 52.1 Å². The number of hydrogen-bond acceptors (Lipinski definition) is 7. The molecule has 11 nitrogen and oxygen atoms in total.